The van der Waals surface area contributed by atoms with Gasteiger partial charge in [-0.2, -0.15) is 0 Å². The van der Waals surface area contributed by atoms with Gasteiger partial charge in [-0.1, -0.05) is 26.0 Å². The van der Waals surface area contributed by atoms with Crippen molar-refractivity contribution in [2.75, 3.05) is 13.1 Å². The molecule has 6 nitrogen and oxygen atoms in total. The Morgan fingerprint density at radius 3 is 2.68 bits per heavy atom. The summed E-state index contributed by atoms with van der Waals surface area (Å²) < 4.78 is 1.96. The predicted molar refractivity (Wildman–Crippen MR) is 116 cm³/mol. The van der Waals surface area contributed by atoms with E-state index in [0.717, 1.165) is 36.3 Å². The molecule has 3 rings (SSSR count). The Morgan fingerprint density at radius 2 is 2.07 bits per heavy atom. The molecule has 0 bridgehead atoms. The number of nitrogens with zero attached hydrogens (tertiary/aromatic N) is 4. The molecule has 0 radical (unpaired) electrons. The Hall–Kier alpha value is -2.67. The summed E-state index contributed by atoms with van der Waals surface area (Å²) >= 11 is 1.79. The highest BCUT2D eigenvalue weighted by Crippen LogP contribution is 2.26. The van der Waals surface area contributed by atoms with Crippen molar-refractivity contribution in [3.8, 4) is 5.82 Å². The lowest BCUT2D eigenvalue weighted by atomic mass is 9.91. The molecular weight excluding hydrogens is 368 g/mol. The lowest BCUT2D eigenvalue weighted by molar-refractivity contribution is 0.518. The molecule has 7 heteroatoms. The monoisotopic (exact) mass is 396 g/mol. The lowest BCUT2D eigenvalue weighted by Gasteiger charge is -2.25. The summed E-state index contributed by atoms with van der Waals surface area (Å²) in [6, 6.07) is 8.35. The molecule has 0 fully saturated rings. The zero-order valence-corrected chi connectivity index (χ0v) is 17.8. The van der Waals surface area contributed by atoms with Crippen molar-refractivity contribution in [3.05, 3.63) is 64.5 Å². The fourth-order valence-electron chi connectivity index (χ4n) is 2.84. The summed E-state index contributed by atoms with van der Waals surface area (Å²) in [4.78, 5) is 14.9. The van der Waals surface area contributed by atoms with Crippen LogP contribution in [0.3, 0.4) is 0 Å². The summed E-state index contributed by atoms with van der Waals surface area (Å²) in [7, 11) is 0. The van der Waals surface area contributed by atoms with Gasteiger partial charge in [0, 0.05) is 42.0 Å². The fourth-order valence-corrected chi connectivity index (χ4v) is 3.69. The SMILES string of the molecule is CCNC(=NCc1ccc(-n2ccnc2C)nc1)NCC(C)(C)c1cccs1. The second kappa shape index (κ2) is 9.01. The minimum atomic E-state index is 0.0518. The van der Waals surface area contributed by atoms with Gasteiger partial charge in [-0.25, -0.2) is 15.0 Å². The summed E-state index contributed by atoms with van der Waals surface area (Å²) in [6.07, 6.45) is 5.57. The molecule has 28 heavy (non-hydrogen) atoms. The standard InChI is InChI=1S/C21H28N6S/c1-5-22-20(26-15-21(3,4)18-7-6-12-28-18)25-14-17-8-9-19(24-13-17)27-11-10-23-16(27)2/h6-13H,5,14-15H2,1-4H3,(H2,22,25,26). The molecule has 3 aromatic heterocycles. The van der Waals surface area contributed by atoms with Crippen LogP contribution in [0.5, 0.6) is 0 Å². The molecule has 0 saturated carbocycles. The maximum atomic E-state index is 4.72. The van der Waals surface area contributed by atoms with Crippen LogP contribution < -0.4 is 10.6 Å². The number of pyridine rings is 1. The second-order valence-corrected chi connectivity index (χ2v) is 8.23. The number of hydrogen-bond donors (Lipinski definition) is 2. The van der Waals surface area contributed by atoms with Gasteiger partial charge in [0.15, 0.2) is 5.96 Å². The molecular formula is C21H28N6S. The number of rotatable bonds is 7. The first-order valence-corrected chi connectivity index (χ1v) is 10.4. The molecule has 0 amide bonds. The van der Waals surface area contributed by atoms with Gasteiger partial charge < -0.3 is 10.6 Å². The quantitative estimate of drug-likeness (QED) is 0.472. The van der Waals surface area contributed by atoms with E-state index in [1.807, 2.05) is 30.0 Å². The summed E-state index contributed by atoms with van der Waals surface area (Å²) in [6.45, 7) is 10.7. The number of aryl methyl sites for hydroxylation is 1. The van der Waals surface area contributed by atoms with Crippen LogP contribution in [0.4, 0.5) is 0 Å². The minimum absolute atomic E-state index is 0.0518. The third kappa shape index (κ3) is 4.98. The highest BCUT2D eigenvalue weighted by Gasteiger charge is 2.21. The van der Waals surface area contributed by atoms with Crippen LogP contribution in [0.25, 0.3) is 5.82 Å². The van der Waals surface area contributed by atoms with E-state index in [9.17, 15) is 0 Å². The van der Waals surface area contributed by atoms with Gasteiger partial charge in [-0.05, 0) is 36.9 Å². The van der Waals surface area contributed by atoms with Crippen molar-refractivity contribution in [2.45, 2.75) is 39.7 Å². The molecule has 0 atom stereocenters. The van der Waals surface area contributed by atoms with E-state index in [1.165, 1.54) is 4.88 Å². The molecule has 3 heterocycles. The Morgan fingerprint density at radius 1 is 1.21 bits per heavy atom. The average molecular weight is 397 g/mol. The van der Waals surface area contributed by atoms with E-state index < -0.39 is 0 Å². The maximum absolute atomic E-state index is 4.72. The lowest BCUT2D eigenvalue weighted by Crippen LogP contribution is -2.43. The van der Waals surface area contributed by atoms with E-state index in [2.05, 4.69) is 65.0 Å². The summed E-state index contributed by atoms with van der Waals surface area (Å²) in [5, 5.41) is 8.92. The first-order chi connectivity index (χ1) is 13.5. The van der Waals surface area contributed by atoms with E-state index in [4.69, 9.17) is 4.99 Å². The second-order valence-electron chi connectivity index (χ2n) is 7.28. The minimum Gasteiger partial charge on any atom is -0.357 e. The smallest absolute Gasteiger partial charge is 0.191 e. The van der Waals surface area contributed by atoms with Gasteiger partial charge in [0.2, 0.25) is 0 Å². The van der Waals surface area contributed by atoms with Gasteiger partial charge in [-0.3, -0.25) is 4.57 Å². The normalized spacial score (nSPS) is 12.2. The third-order valence-electron chi connectivity index (χ3n) is 4.53. The van der Waals surface area contributed by atoms with Gasteiger partial charge in [0.25, 0.3) is 0 Å². The van der Waals surface area contributed by atoms with Crippen LogP contribution in [-0.2, 0) is 12.0 Å². The van der Waals surface area contributed by atoms with Crippen molar-refractivity contribution < 1.29 is 0 Å². The highest BCUT2D eigenvalue weighted by atomic mass is 32.1. The zero-order chi connectivity index (χ0) is 20.0. The van der Waals surface area contributed by atoms with E-state index in [-0.39, 0.29) is 5.41 Å². The maximum Gasteiger partial charge on any atom is 0.191 e. The number of hydrogen-bond acceptors (Lipinski definition) is 4. The first kappa shape index (κ1) is 20.1. The predicted octanol–water partition coefficient (Wildman–Crippen LogP) is 3.67. The van der Waals surface area contributed by atoms with Crippen LogP contribution in [0.2, 0.25) is 0 Å². The van der Waals surface area contributed by atoms with Crippen molar-refractivity contribution in [3.63, 3.8) is 0 Å². The van der Waals surface area contributed by atoms with Gasteiger partial charge in [0.1, 0.15) is 11.6 Å². The van der Waals surface area contributed by atoms with E-state index in [0.29, 0.717) is 6.54 Å². The Labute approximate surface area is 170 Å². The van der Waals surface area contributed by atoms with Gasteiger partial charge >= 0.3 is 0 Å². The Balaban J connectivity index is 1.63. The topological polar surface area (TPSA) is 67.1 Å². The van der Waals surface area contributed by atoms with Gasteiger partial charge in [-0.15, -0.1) is 11.3 Å². The van der Waals surface area contributed by atoms with Crippen molar-refractivity contribution in [2.24, 2.45) is 4.99 Å². The molecule has 0 aromatic carbocycles. The van der Waals surface area contributed by atoms with Crippen molar-refractivity contribution in [1.82, 2.24) is 25.2 Å². The number of aromatic nitrogens is 3. The number of imidazole rings is 1. The number of aliphatic imine (C=N–C) groups is 1. The number of thiophene rings is 1. The van der Waals surface area contributed by atoms with E-state index in [1.54, 1.807) is 17.5 Å². The third-order valence-corrected chi connectivity index (χ3v) is 5.77. The van der Waals surface area contributed by atoms with E-state index >= 15 is 0 Å². The summed E-state index contributed by atoms with van der Waals surface area (Å²) in [5.41, 5.74) is 1.12. The molecule has 0 aliphatic heterocycles. The van der Waals surface area contributed by atoms with Crippen LogP contribution >= 0.6 is 11.3 Å². The van der Waals surface area contributed by atoms with Crippen LogP contribution in [0.15, 0.2) is 53.2 Å². The molecule has 0 aliphatic rings. The molecule has 0 aliphatic carbocycles. The Kier molecular flexibility index (Phi) is 6.46. The van der Waals surface area contributed by atoms with Crippen LogP contribution in [0.1, 0.15) is 37.0 Å². The number of nitrogens with one attached hydrogen (secondary N) is 2. The average Bonchev–Trinajstić information content (AvgIpc) is 3.37. The molecule has 2 N–H and O–H groups in total. The largest absolute Gasteiger partial charge is 0.357 e. The Bertz CT molecular complexity index is 893. The fraction of sp³-hybridized carbons (Fsp3) is 0.381. The molecule has 0 saturated heterocycles. The molecule has 148 valence electrons. The first-order valence-electron chi connectivity index (χ1n) is 9.51. The zero-order valence-electron chi connectivity index (χ0n) is 16.9. The molecule has 0 unspecified atom stereocenters. The van der Waals surface area contributed by atoms with Crippen molar-refractivity contribution >= 4 is 17.3 Å². The van der Waals surface area contributed by atoms with Crippen molar-refractivity contribution in [1.29, 1.82) is 0 Å². The van der Waals surface area contributed by atoms with Gasteiger partial charge in [0.05, 0.1) is 6.54 Å². The molecule has 3 aromatic rings. The molecule has 0 spiro atoms. The summed E-state index contributed by atoms with van der Waals surface area (Å²) in [5.74, 6) is 2.61. The highest BCUT2D eigenvalue weighted by molar-refractivity contribution is 7.10. The number of guanidine groups is 1. The van der Waals surface area contributed by atoms with Crippen LogP contribution in [0, 0.1) is 6.92 Å². The van der Waals surface area contributed by atoms with Crippen LogP contribution in [-0.4, -0.2) is 33.6 Å².